The molecule has 1 aliphatic carbocycles. The molecule has 0 unspecified atom stereocenters. The Kier molecular flexibility index (Phi) is 4.34. The number of hydrogen-bond acceptors (Lipinski definition) is 3. The molecule has 0 heterocycles. The van der Waals surface area contributed by atoms with Crippen LogP contribution in [0.5, 0.6) is 5.75 Å². The van der Waals surface area contributed by atoms with Crippen molar-refractivity contribution in [2.24, 2.45) is 0 Å². The summed E-state index contributed by atoms with van der Waals surface area (Å²) in [5, 5.41) is 13.1. The van der Waals surface area contributed by atoms with Gasteiger partial charge >= 0.3 is 0 Å². The van der Waals surface area contributed by atoms with Crippen molar-refractivity contribution in [1.82, 2.24) is 5.32 Å². The smallest absolute Gasteiger partial charge is 0.262 e. The summed E-state index contributed by atoms with van der Waals surface area (Å²) in [6, 6.07) is 9.70. The maximum atomic E-state index is 9.56. The van der Waals surface area contributed by atoms with Crippen LogP contribution in [-0.4, -0.2) is 22.4 Å². The van der Waals surface area contributed by atoms with Gasteiger partial charge in [0.25, 0.3) is 5.17 Å². The van der Waals surface area contributed by atoms with Gasteiger partial charge < -0.3 is 15.2 Å². The molecule has 2 N–H and O–H groups in total. The van der Waals surface area contributed by atoms with Crippen LogP contribution in [0.4, 0.5) is 0 Å². The van der Waals surface area contributed by atoms with Gasteiger partial charge in [0, 0.05) is 6.04 Å². The SMILES string of the molecule is O[C@@H]1CCC[C@H](NC(=S)Oc2ccccc2)C1. The molecular weight excluding hydrogens is 234 g/mol. The van der Waals surface area contributed by atoms with Crippen LogP contribution in [-0.2, 0) is 0 Å². The summed E-state index contributed by atoms with van der Waals surface area (Å²) in [6.07, 6.45) is 3.51. The van der Waals surface area contributed by atoms with Gasteiger partial charge in [-0.3, -0.25) is 0 Å². The molecule has 92 valence electrons. The Labute approximate surface area is 107 Å². The van der Waals surface area contributed by atoms with Gasteiger partial charge in [-0.2, -0.15) is 0 Å². The zero-order valence-corrected chi connectivity index (χ0v) is 10.5. The molecular formula is C13H17NO2S. The molecule has 0 aromatic heterocycles. The molecule has 4 heteroatoms. The van der Waals surface area contributed by atoms with Crippen molar-refractivity contribution < 1.29 is 9.84 Å². The molecule has 1 aromatic carbocycles. The fourth-order valence-corrected chi connectivity index (χ4v) is 2.35. The summed E-state index contributed by atoms with van der Waals surface area (Å²) in [4.78, 5) is 0. The Balaban J connectivity index is 1.81. The quantitative estimate of drug-likeness (QED) is 0.791. The zero-order valence-electron chi connectivity index (χ0n) is 9.63. The predicted molar refractivity (Wildman–Crippen MR) is 71.1 cm³/mol. The molecule has 0 bridgehead atoms. The Morgan fingerprint density at radius 2 is 2.06 bits per heavy atom. The van der Waals surface area contributed by atoms with Crippen LogP contribution in [0.1, 0.15) is 25.7 Å². The van der Waals surface area contributed by atoms with E-state index < -0.39 is 0 Å². The first kappa shape index (κ1) is 12.3. The van der Waals surface area contributed by atoms with Crippen molar-refractivity contribution >= 4 is 17.4 Å². The minimum Gasteiger partial charge on any atom is -0.432 e. The highest BCUT2D eigenvalue weighted by atomic mass is 32.1. The van der Waals surface area contributed by atoms with Gasteiger partial charge in [0.15, 0.2) is 0 Å². The Hall–Kier alpha value is -1.13. The van der Waals surface area contributed by atoms with Crippen molar-refractivity contribution in [3.8, 4) is 5.75 Å². The summed E-state index contributed by atoms with van der Waals surface area (Å²) in [5.74, 6) is 0.737. The number of aliphatic hydroxyl groups excluding tert-OH is 1. The molecule has 0 saturated heterocycles. The van der Waals surface area contributed by atoms with Gasteiger partial charge in [-0.25, -0.2) is 0 Å². The van der Waals surface area contributed by atoms with E-state index in [1.54, 1.807) is 0 Å². The highest BCUT2D eigenvalue weighted by Crippen LogP contribution is 2.18. The number of para-hydroxylation sites is 1. The van der Waals surface area contributed by atoms with Crippen LogP contribution in [0.15, 0.2) is 30.3 Å². The van der Waals surface area contributed by atoms with Crippen molar-refractivity contribution in [2.75, 3.05) is 0 Å². The van der Waals surface area contributed by atoms with Gasteiger partial charge in [0.2, 0.25) is 0 Å². The maximum absolute atomic E-state index is 9.56. The lowest BCUT2D eigenvalue weighted by atomic mass is 9.93. The molecule has 1 aliphatic rings. The van der Waals surface area contributed by atoms with E-state index >= 15 is 0 Å². The second kappa shape index (κ2) is 5.98. The van der Waals surface area contributed by atoms with Crippen molar-refractivity contribution in [3.05, 3.63) is 30.3 Å². The normalized spacial score (nSPS) is 24.1. The van der Waals surface area contributed by atoms with E-state index in [2.05, 4.69) is 5.32 Å². The number of aliphatic hydroxyl groups is 1. The first-order valence-corrected chi connectivity index (χ1v) is 6.36. The molecule has 1 fully saturated rings. The van der Waals surface area contributed by atoms with Crippen molar-refractivity contribution in [1.29, 1.82) is 0 Å². The monoisotopic (exact) mass is 251 g/mol. The number of benzene rings is 1. The molecule has 0 aliphatic heterocycles. The number of hydrogen-bond donors (Lipinski definition) is 2. The third kappa shape index (κ3) is 3.98. The van der Waals surface area contributed by atoms with E-state index in [1.807, 2.05) is 30.3 Å². The molecule has 3 nitrogen and oxygen atoms in total. The third-order valence-electron chi connectivity index (χ3n) is 2.92. The van der Waals surface area contributed by atoms with Gasteiger partial charge in [-0.1, -0.05) is 18.2 Å². The maximum Gasteiger partial charge on any atom is 0.262 e. The zero-order chi connectivity index (χ0) is 12.1. The molecule has 2 rings (SSSR count). The lowest BCUT2D eigenvalue weighted by molar-refractivity contribution is 0.116. The van der Waals surface area contributed by atoms with Crippen LogP contribution in [0.2, 0.25) is 0 Å². The van der Waals surface area contributed by atoms with Crippen LogP contribution in [0.3, 0.4) is 0 Å². The van der Waals surface area contributed by atoms with Gasteiger partial charge in [-0.15, -0.1) is 0 Å². The summed E-state index contributed by atoms with van der Waals surface area (Å²) in [5.41, 5.74) is 0. The Morgan fingerprint density at radius 3 is 2.76 bits per heavy atom. The number of nitrogens with one attached hydrogen (secondary N) is 1. The summed E-state index contributed by atoms with van der Waals surface area (Å²) < 4.78 is 5.49. The summed E-state index contributed by atoms with van der Waals surface area (Å²) >= 11 is 5.14. The second-order valence-corrected chi connectivity index (χ2v) is 4.74. The van der Waals surface area contributed by atoms with Crippen molar-refractivity contribution in [3.63, 3.8) is 0 Å². The molecule has 2 atom stereocenters. The topological polar surface area (TPSA) is 41.5 Å². The minimum atomic E-state index is -0.208. The summed E-state index contributed by atoms with van der Waals surface area (Å²) in [7, 11) is 0. The first-order chi connectivity index (χ1) is 8.24. The first-order valence-electron chi connectivity index (χ1n) is 5.95. The van der Waals surface area contributed by atoms with Crippen molar-refractivity contribution in [2.45, 2.75) is 37.8 Å². The number of thiocarbonyl (C=S) groups is 1. The average molecular weight is 251 g/mol. The highest BCUT2D eigenvalue weighted by molar-refractivity contribution is 7.80. The average Bonchev–Trinajstić information content (AvgIpc) is 2.30. The van der Waals surface area contributed by atoms with Crippen LogP contribution < -0.4 is 10.1 Å². The summed E-state index contributed by atoms with van der Waals surface area (Å²) in [6.45, 7) is 0. The number of rotatable bonds is 2. The second-order valence-electron chi connectivity index (χ2n) is 4.36. The largest absolute Gasteiger partial charge is 0.432 e. The van der Waals surface area contributed by atoms with E-state index in [-0.39, 0.29) is 12.1 Å². The predicted octanol–water partition coefficient (Wildman–Crippen LogP) is 2.24. The number of ether oxygens (including phenoxy) is 1. The fourth-order valence-electron chi connectivity index (χ4n) is 2.09. The van der Waals surface area contributed by atoms with Crippen LogP contribution in [0.25, 0.3) is 0 Å². The molecule has 0 spiro atoms. The lowest BCUT2D eigenvalue weighted by Crippen LogP contribution is -2.41. The minimum absolute atomic E-state index is 0.208. The van der Waals surface area contributed by atoms with Gasteiger partial charge in [0.05, 0.1) is 6.10 Å². The van der Waals surface area contributed by atoms with E-state index in [1.165, 1.54) is 0 Å². The van der Waals surface area contributed by atoms with E-state index in [0.717, 1.165) is 31.4 Å². The highest BCUT2D eigenvalue weighted by Gasteiger charge is 2.20. The van der Waals surface area contributed by atoms with Crippen LogP contribution in [0, 0.1) is 0 Å². The molecule has 0 radical (unpaired) electrons. The Bertz CT molecular complexity index is 369. The van der Waals surface area contributed by atoms with Gasteiger partial charge in [0.1, 0.15) is 5.75 Å². The van der Waals surface area contributed by atoms with Crippen LogP contribution >= 0.6 is 12.2 Å². The molecule has 17 heavy (non-hydrogen) atoms. The molecule has 1 saturated carbocycles. The van der Waals surface area contributed by atoms with E-state index in [0.29, 0.717) is 5.17 Å². The molecule has 1 aromatic rings. The van der Waals surface area contributed by atoms with E-state index in [9.17, 15) is 5.11 Å². The standard InChI is InChI=1S/C13H17NO2S/c15-11-6-4-5-10(9-11)14-13(17)16-12-7-2-1-3-8-12/h1-3,7-8,10-11,15H,4-6,9H2,(H,14,17)/t10-,11+/m0/s1. The van der Waals surface area contributed by atoms with E-state index in [4.69, 9.17) is 17.0 Å². The van der Waals surface area contributed by atoms with Gasteiger partial charge in [-0.05, 0) is 50.0 Å². The fraction of sp³-hybridized carbons (Fsp3) is 0.462. The third-order valence-corrected chi connectivity index (χ3v) is 3.12. The molecule has 0 amide bonds. The Morgan fingerprint density at radius 1 is 1.29 bits per heavy atom. The lowest BCUT2D eigenvalue weighted by Gasteiger charge is -2.27.